The maximum Gasteiger partial charge on any atom is 1.00 e. The Balaban J connectivity index is 0.00000552. The fourth-order valence-corrected chi connectivity index (χ4v) is 5.46. The van der Waals surface area contributed by atoms with Gasteiger partial charge in [0.25, 0.3) is 5.91 Å². The third-order valence-electron chi connectivity index (χ3n) is 7.20. The first-order valence-electron chi connectivity index (χ1n) is 14.0. The molecule has 0 heterocycles. The molecule has 0 unspecified atom stereocenters. The van der Waals surface area contributed by atoms with Gasteiger partial charge in [-0.05, 0) is 102 Å². The minimum absolute atomic E-state index is 0. The SMILES string of the molecule is [C-]#[N+]Cc1ccc(N(Cc2cc(F)cc(F)c2)Cc2ccc(C(=O)N[C@@H](CCSC)C(=O)[O-])c(-c3ccccc3C)c2)cc1.[Li+]. The first-order valence-corrected chi connectivity index (χ1v) is 15.4. The Bertz CT molecular complexity index is 1660. The van der Waals surface area contributed by atoms with Crippen LogP contribution in [0.5, 0.6) is 0 Å². The number of anilines is 1. The number of halogens is 2. The van der Waals surface area contributed by atoms with Gasteiger partial charge >= 0.3 is 18.9 Å². The molecular weight excluding hydrogens is 587 g/mol. The van der Waals surface area contributed by atoms with Crippen molar-refractivity contribution in [2.75, 3.05) is 16.9 Å². The molecule has 0 aliphatic heterocycles. The normalized spacial score (nSPS) is 11.2. The number of thioether (sulfide) groups is 1. The Morgan fingerprint density at radius 1 is 0.911 bits per heavy atom. The number of carbonyl (C=O) groups excluding carboxylic acids is 2. The predicted octanol–water partition coefficient (Wildman–Crippen LogP) is 3.17. The van der Waals surface area contributed by atoms with E-state index < -0.39 is 29.6 Å². The molecule has 0 spiro atoms. The maximum absolute atomic E-state index is 14.1. The molecule has 4 aromatic rings. The van der Waals surface area contributed by atoms with Crippen molar-refractivity contribution in [3.63, 3.8) is 0 Å². The Hall–Kier alpha value is -4.08. The molecule has 0 aromatic heterocycles. The molecule has 0 aliphatic carbocycles. The molecule has 4 rings (SSSR count). The van der Waals surface area contributed by atoms with Crippen LogP contribution in [-0.4, -0.2) is 29.9 Å². The van der Waals surface area contributed by atoms with Gasteiger partial charge in [-0.3, -0.25) is 4.79 Å². The third-order valence-corrected chi connectivity index (χ3v) is 7.84. The number of hydrogen-bond acceptors (Lipinski definition) is 5. The largest absolute Gasteiger partial charge is 1.00 e. The van der Waals surface area contributed by atoms with Gasteiger partial charge in [-0.15, -0.1) is 0 Å². The second-order valence-electron chi connectivity index (χ2n) is 10.4. The summed E-state index contributed by atoms with van der Waals surface area (Å²) in [6.45, 7) is 9.84. The second-order valence-corrected chi connectivity index (χ2v) is 11.4. The van der Waals surface area contributed by atoms with Gasteiger partial charge in [0, 0.05) is 36.0 Å². The standard InChI is InChI=1S/C35H33F2N3O3S.Li/c1-23-6-4-5-7-30(23)32-18-25(10-13-31(32)34(41)39-33(35(42)43)14-15-44-3)21-40(22-26-16-27(36)19-28(37)17-26)29-11-8-24(9-12-29)20-38-2;/h4-13,16-19,33H,14-15,20-22H2,1,3H3,(H,39,41)(H,42,43);/q;+1/p-1/t33-;/m0./s1. The molecule has 0 bridgehead atoms. The summed E-state index contributed by atoms with van der Waals surface area (Å²) < 4.78 is 28.2. The van der Waals surface area contributed by atoms with Crippen LogP contribution in [0.2, 0.25) is 0 Å². The summed E-state index contributed by atoms with van der Waals surface area (Å²) in [6, 6.07) is 22.7. The van der Waals surface area contributed by atoms with Gasteiger partial charge in [0.2, 0.25) is 6.54 Å². The number of amides is 1. The average molecular weight is 620 g/mol. The number of aliphatic carboxylic acids is 1. The zero-order valence-electron chi connectivity index (χ0n) is 25.5. The van der Waals surface area contributed by atoms with E-state index in [1.54, 1.807) is 12.1 Å². The van der Waals surface area contributed by atoms with E-state index in [9.17, 15) is 23.5 Å². The van der Waals surface area contributed by atoms with Gasteiger partial charge < -0.3 is 25.0 Å². The van der Waals surface area contributed by atoms with Crippen LogP contribution < -0.4 is 34.2 Å². The molecular formula is C35H32F2LiN3O3S. The number of carboxylic acid groups (broad SMARTS) is 1. The summed E-state index contributed by atoms with van der Waals surface area (Å²) in [5.74, 6) is -2.65. The molecule has 226 valence electrons. The number of nitrogens with zero attached hydrogens (tertiary/aromatic N) is 2. The van der Waals surface area contributed by atoms with Crippen molar-refractivity contribution in [2.24, 2.45) is 0 Å². The summed E-state index contributed by atoms with van der Waals surface area (Å²) in [5.41, 5.74) is 5.60. The third kappa shape index (κ3) is 9.70. The molecule has 1 amide bonds. The number of hydrogen-bond donors (Lipinski definition) is 1. The van der Waals surface area contributed by atoms with E-state index in [-0.39, 0.29) is 38.4 Å². The number of benzene rings is 4. The summed E-state index contributed by atoms with van der Waals surface area (Å²) in [4.78, 5) is 30.6. The van der Waals surface area contributed by atoms with Crippen molar-refractivity contribution in [1.29, 1.82) is 0 Å². The molecule has 6 nitrogen and oxygen atoms in total. The van der Waals surface area contributed by atoms with Crippen LogP contribution in [0.3, 0.4) is 0 Å². The van der Waals surface area contributed by atoms with E-state index in [0.29, 0.717) is 29.0 Å². The number of nitrogens with one attached hydrogen (secondary N) is 1. The summed E-state index contributed by atoms with van der Waals surface area (Å²) >= 11 is 1.48. The van der Waals surface area contributed by atoms with Crippen molar-refractivity contribution in [2.45, 2.75) is 39.0 Å². The fraction of sp³-hybridized carbons (Fsp3) is 0.229. The van der Waals surface area contributed by atoms with Crippen LogP contribution in [-0.2, 0) is 24.4 Å². The topological polar surface area (TPSA) is 76.8 Å². The summed E-state index contributed by atoms with van der Waals surface area (Å²) in [7, 11) is 0. The molecule has 0 fully saturated rings. The second kappa shape index (κ2) is 16.8. The summed E-state index contributed by atoms with van der Waals surface area (Å²) in [6.07, 6.45) is 2.09. The Morgan fingerprint density at radius 3 is 2.18 bits per heavy atom. The van der Waals surface area contributed by atoms with Crippen LogP contribution >= 0.6 is 11.8 Å². The van der Waals surface area contributed by atoms with Crippen LogP contribution in [0.1, 0.15) is 39.0 Å². The first kappa shape index (κ1) is 35.4. The van der Waals surface area contributed by atoms with Crippen molar-refractivity contribution in [1.82, 2.24) is 5.32 Å². The van der Waals surface area contributed by atoms with Crippen molar-refractivity contribution >= 4 is 29.3 Å². The molecule has 1 atom stereocenters. The Kier molecular flexibility index (Phi) is 13.2. The number of carboxylic acids is 1. The quantitative estimate of drug-likeness (QED) is 0.184. The predicted molar refractivity (Wildman–Crippen MR) is 169 cm³/mol. The molecule has 1 N–H and O–H groups in total. The van der Waals surface area contributed by atoms with E-state index >= 15 is 0 Å². The minimum Gasteiger partial charge on any atom is -0.548 e. The van der Waals surface area contributed by atoms with Gasteiger partial charge in [0.1, 0.15) is 11.6 Å². The van der Waals surface area contributed by atoms with Crippen LogP contribution in [0.25, 0.3) is 16.0 Å². The molecule has 0 saturated carbocycles. The van der Waals surface area contributed by atoms with Gasteiger partial charge in [-0.25, -0.2) is 15.4 Å². The van der Waals surface area contributed by atoms with E-state index in [1.165, 1.54) is 23.9 Å². The van der Waals surface area contributed by atoms with E-state index in [1.807, 2.05) is 72.7 Å². The molecule has 45 heavy (non-hydrogen) atoms. The zero-order valence-corrected chi connectivity index (χ0v) is 26.3. The number of carbonyl (C=O) groups is 2. The van der Waals surface area contributed by atoms with Crippen LogP contribution in [0.4, 0.5) is 14.5 Å². The Labute approximate surface area is 278 Å². The molecule has 0 radical (unpaired) electrons. The van der Waals surface area contributed by atoms with Crippen LogP contribution in [0.15, 0.2) is 84.9 Å². The van der Waals surface area contributed by atoms with Crippen molar-refractivity contribution in [3.8, 4) is 11.1 Å². The first-order chi connectivity index (χ1) is 21.2. The van der Waals surface area contributed by atoms with Crippen molar-refractivity contribution < 1.29 is 42.3 Å². The number of aryl methyl sites for hydroxylation is 1. The maximum atomic E-state index is 14.1. The Morgan fingerprint density at radius 2 is 1.56 bits per heavy atom. The van der Waals surface area contributed by atoms with Crippen molar-refractivity contribution in [3.05, 3.63) is 136 Å². The zero-order chi connectivity index (χ0) is 31.6. The smallest absolute Gasteiger partial charge is 0.548 e. The molecule has 0 aliphatic rings. The van der Waals surface area contributed by atoms with Gasteiger partial charge in [-0.2, -0.15) is 11.8 Å². The van der Waals surface area contributed by atoms with Gasteiger partial charge in [0.15, 0.2) is 0 Å². The molecule has 0 saturated heterocycles. The van der Waals surface area contributed by atoms with Gasteiger partial charge in [-0.1, -0.05) is 30.3 Å². The molecule has 10 heteroatoms. The monoisotopic (exact) mass is 619 g/mol. The number of rotatable bonds is 13. The molecule has 4 aromatic carbocycles. The average Bonchev–Trinajstić information content (AvgIpc) is 2.99. The van der Waals surface area contributed by atoms with Crippen LogP contribution in [0, 0.1) is 25.1 Å². The minimum atomic E-state index is -1.34. The van der Waals surface area contributed by atoms with E-state index in [2.05, 4.69) is 10.2 Å². The fourth-order valence-electron chi connectivity index (χ4n) is 4.99. The van der Waals surface area contributed by atoms with Gasteiger partial charge in [0.05, 0.1) is 12.0 Å². The van der Waals surface area contributed by atoms with E-state index in [4.69, 9.17) is 6.57 Å². The summed E-state index contributed by atoms with van der Waals surface area (Å²) in [5, 5.41) is 14.4. The van der Waals surface area contributed by atoms with E-state index in [0.717, 1.165) is 34.0 Å².